The lowest BCUT2D eigenvalue weighted by atomic mass is 10.3. The van der Waals surface area contributed by atoms with Crippen molar-refractivity contribution < 1.29 is 18.3 Å². The maximum atomic E-state index is 12.5. The summed E-state index contributed by atoms with van der Waals surface area (Å²) in [5.74, 6) is -1.17. The molecule has 0 unspecified atom stereocenters. The molecule has 8 heteroatoms. The van der Waals surface area contributed by atoms with Crippen molar-refractivity contribution >= 4 is 37.5 Å². The number of thiazole rings is 1. The Hall–Kier alpha value is -1.51. The van der Waals surface area contributed by atoms with Crippen LogP contribution in [0.4, 0.5) is 0 Å². The van der Waals surface area contributed by atoms with Crippen LogP contribution in [0.5, 0.6) is 0 Å². The van der Waals surface area contributed by atoms with E-state index in [4.69, 9.17) is 5.11 Å². The molecule has 0 aliphatic carbocycles. The van der Waals surface area contributed by atoms with Crippen LogP contribution in [0.3, 0.4) is 0 Å². The maximum absolute atomic E-state index is 12.5. The molecular formula is C12H14N2O4S2. The van der Waals surface area contributed by atoms with Crippen LogP contribution in [0, 0.1) is 0 Å². The third kappa shape index (κ3) is 2.97. The first-order valence-corrected chi connectivity index (χ1v) is 8.32. The average molecular weight is 314 g/mol. The lowest BCUT2D eigenvalue weighted by molar-refractivity contribution is -0.137. The molecule has 0 aliphatic rings. The van der Waals surface area contributed by atoms with Crippen molar-refractivity contribution in [1.29, 1.82) is 0 Å². The zero-order chi connectivity index (χ0) is 14.8. The van der Waals surface area contributed by atoms with E-state index in [-0.39, 0.29) is 11.4 Å². The van der Waals surface area contributed by atoms with E-state index in [9.17, 15) is 13.2 Å². The van der Waals surface area contributed by atoms with Crippen LogP contribution in [-0.4, -0.2) is 41.9 Å². The smallest absolute Gasteiger partial charge is 0.318 e. The summed E-state index contributed by atoms with van der Waals surface area (Å²) in [7, 11) is -3.80. The molecule has 1 aromatic heterocycles. The van der Waals surface area contributed by atoms with Gasteiger partial charge in [-0.1, -0.05) is 6.92 Å². The van der Waals surface area contributed by atoms with E-state index in [1.54, 1.807) is 18.5 Å². The highest BCUT2D eigenvalue weighted by atomic mass is 32.2. The molecule has 1 aromatic carbocycles. The van der Waals surface area contributed by atoms with Gasteiger partial charge in [0.05, 0.1) is 20.6 Å². The van der Waals surface area contributed by atoms with Crippen molar-refractivity contribution in [2.24, 2.45) is 0 Å². The molecule has 0 amide bonds. The Morgan fingerprint density at radius 2 is 2.20 bits per heavy atom. The Kier molecular flexibility index (Phi) is 4.36. The number of carbonyl (C=O) groups is 1. The normalized spacial score (nSPS) is 12.1. The fourth-order valence-corrected chi connectivity index (χ4v) is 4.13. The van der Waals surface area contributed by atoms with Gasteiger partial charge in [-0.05, 0) is 24.6 Å². The highest BCUT2D eigenvalue weighted by molar-refractivity contribution is 7.89. The number of aliphatic carboxylic acids is 1. The van der Waals surface area contributed by atoms with Crippen LogP contribution in [0.2, 0.25) is 0 Å². The quantitative estimate of drug-likeness (QED) is 0.878. The van der Waals surface area contributed by atoms with E-state index in [1.165, 1.54) is 23.5 Å². The van der Waals surface area contributed by atoms with Crippen molar-refractivity contribution in [1.82, 2.24) is 9.29 Å². The number of sulfonamides is 1. The molecule has 2 rings (SSSR count). The van der Waals surface area contributed by atoms with Crippen molar-refractivity contribution in [2.75, 3.05) is 13.1 Å². The zero-order valence-electron chi connectivity index (χ0n) is 10.8. The van der Waals surface area contributed by atoms with Gasteiger partial charge in [-0.15, -0.1) is 11.3 Å². The molecule has 0 fully saturated rings. The second kappa shape index (κ2) is 5.86. The average Bonchev–Trinajstić information content (AvgIpc) is 2.84. The summed E-state index contributed by atoms with van der Waals surface area (Å²) in [6, 6.07) is 4.62. The molecule has 0 aliphatic heterocycles. The number of rotatable bonds is 6. The molecule has 6 nitrogen and oxygen atoms in total. The van der Waals surface area contributed by atoms with Crippen LogP contribution < -0.4 is 0 Å². The first kappa shape index (κ1) is 14.9. The second-order valence-corrected chi connectivity index (χ2v) is 7.04. The molecular weight excluding hydrogens is 300 g/mol. The molecule has 0 bridgehead atoms. The van der Waals surface area contributed by atoms with Gasteiger partial charge in [0.2, 0.25) is 10.0 Å². The molecule has 1 N–H and O–H groups in total. The van der Waals surface area contributed by atoms with Crippen LogP contribution in [0.1, 0.15) is 13.3 Å². The number of benzene rings is 1. The summed E-state index contributed by atoms with van der Waals surface area (Å²) in [4.78, 5) is 15.0. The molecule has 0 spiro atoms. The van der Waals surface area contributed by atoms with Crippen molar-refractivity contribution in [3.8, 4) is 0 Å². The van der Waals surface area contributed by atoms with E-state index in [0.29, 0.717) is 6.42 Å². The number of carboxylic acid groups (broad SMARTS) is 1. The van der Waals surface area contributed by atoms with Gasteiger partial charge in [0.25, 0.3) is 0 Å². The van der Waals surface area contributed by atoms with Gasteiger partial charge < -0.3 is 5.11 Å². The van der Waals surface area contributed by atoms with Gasteiger partial charge in [0.1, 0.15) is 6.54 Å². The van der Waals surface area contributed by atoms with Crippen LogP contribution in [-0.2, 0) is 14.8 Å². The Labute approximate surface area is 120 Å². The number of hydrogen-bond donors (Lipinski definition) is 1. The molecule has 108 valence electrons. The first-order valence-electron chi connectivity index (χ1n) is 6.00. The monoisotopic (exact) mass is 314 g/mol. The van der Waals surface area contributed by atoms with Crippen molar-refractivity contribution in [3.05, 3.63) is 23.7 Å². The zero-order valence-corrected chi connectivity index (χ0v) is 12.4. The molecule has 2 aromatic rings. The lowest BCUT2D eigenvalue weighted by Crippen LogP contribution is -2.36. The molecule has 0 atom stereocenters. The Balaban J connectivity index is 2.42. The third-order valence-electron chi connectivity index (χ3n) is 2.73. The summed E-state index contributed by atoms with van der Waals surface area (Å²) in [5.41, 5.74) is 2.37. The fraction of sp³-hybridized carbons (Fsp3) is 0.333. The van der Waals surface area contributed by atoms with Crippen LogP contribution in [0.15, 0.2) is 28.6 Å². The minimum atomic E-state index is -3.80. The minimum Gasteiger partial charge on any atom is -0.480 e. The second-order valence-electron chi connectivity index (χ2n) is 4.21. The fourth-order valence-electron chi connectivity index (χ4n) is 1.83. The number of carboxylic acids is 1. The van der Waals surface area contributed by atoms with Crippen molar-refractivity contribution in [3.63, 3.8) is 0 Å². The number of aromatic nitrogens is 1. The Morgan fingerprint density at radius 1 is 1.45 bits per heavy atom. The summed E-state index contributed by atoms with van der Waals surface area (Å²) in [6.45, 7) is 1.45. The van der Waals surface area contributed by atoms with Gasteiger partial charge in [-0.25, -0.2) is 13.4 Å². The van der Waals surface area contributed by atoms with Crippen LogP contribution in [0.25, 0.3) is 10.2 Å². The maximum Gasteiger partial charge on any atom is 0.318 e. The molecule has 0 radical (unpaired) electrons. The minimum absolute atomic E-state index is 0.101. The standard InChI is InChI=1S/C12H14N2O4S2/c1-2-5-14(7-12(15)16)20(17,18)9-3-4-10-11(6-9)19-8-13-10/h3-4,6,8H,2,5,7H2,1H3,(H,15,16). The molecule has 20 heavy (non-hydrogen) atoms. The SMILES string of the molecule is CCCN(CC(=O)O)S(=O)(=O)c1ccc2ncsc2c1. The van der Waals surface area contributed by atoms with E-state index < -0.39 is 22.5 Å². The Morgan fingerprint density at radius 3 is 2.85 bits per heavy atom. The number of hydrogen-bond acceptors (Lipinski definition) is 5. The summed E-state index contributed by atoms with van der Waals surface area (Å²) >= 11 is 1.35. The highest BCUT2D eigenvalue weighted by Gasteiger charge is 2.26. The van der Waals surface area contributed by atoms with Gasteiger partial charge in [0, 0.05) is 6.54 Å². The Bertz CT molecular complexity index is 724. The summed E-state index contributed by atoms with van der Waals surface area (Å²) in [6.07, 6.45) is 0.551. The van der Waals surface area contributed by atoms with Gasteiger partial charge in [0.15, 0.2) is 0 Å². The topological polar surface area (TPSA) is 87.6 Å². The predicted octanol–water partition coefficient (Wildman–Crippen LogP) is 1.78. The molecule has 1 heterocycles. The first-order chi connectivity index (χ1) is 9.45. The molecule has 0 saturated heterocycles. The number of nitrogens with zero attached hydrogens (tertiary/aromatic N) is 2. The van der Waals surface area contributed by atoms with Crippen LogP contribution >= 0.6 is 11.3 Å². The van der Waals surface area contributed by atoms with E-state index in [1.807, 2.05) is 0 Å². The van der Waals surface area contributed by atoms with Gasteiger partial charge in [-0.2, -0.15) is 4.31 Å². The highest BCUT2D eigenvalue weighted by Crippen LogP contribution is 2.24. The third-order valence-corrected chi connectivity index (χ3v) is 5.36. The van der Waals surface area contributed by atoms with E-state index in [2.05, 4.69) is 4.98 Å². The predicted molar refractivity (Wildman–Crippen MR) is 76.3 cm³/mol. The van der Waals surface area contributed by atoms with E-state index >= 15 is 0 Å². The largest absolute Gasteiger partial charge is 0.480 e. The number of fused-ring (bicyclic) bond motifs is 1. The molecule has 0 saturated carbocycles. The van der Waals surface area contributed by atoms with Gasteiger partial charge in [-0.3, -0.25) is 4.79 Å². The lowest BCUT2D eigenvalue weighted by Gasteiger charge is -2.19. The summed E-state index contributed by atoms with van der Waals surface area (Å²) < 4.78 is 26.7. The van der Waals surface area contributed by atoms with E-state index in [0.717, 1.165) is 14.5 Å². The summed E-state index contributed by atoms with van der Waals surface area (Å²) in [5, 5.41) is 8.85. The van der Waals surface area contributed by atoms with Crippen molar-refractivity contribution in [2.45, 2.75) is 18.2 Å². The van der Waals surface area contributed by atoms with Gasteiger partial charge >= 0.3 is 5.97 Å².